The minimum absolute atomic E-state index is 0. The molecule has 9 heteroatoms. The number of halogens is 1. The van der Waals surface area contributed by atoms with Gasteiger partial charge in [0.05, 0.1) is 13.5 Å². The number of ether oxygens (including phenoxy) is 1. The number of nitrogen functional groups attached to an aromatic ring is 1. The molecule has 0 fully saturated rings. The smallest absolute Gasteiger partial charge is 0.306 e. The van der Waals surface area contributed by atoms with Crippen LogP contribution in [0.2, 0.25) is 0 Å². The Bertz CT molecular complexity index is 681. The van der Waals surface area contributed by atoms with Gasteiger partial charge in [0.25, 0.3) is 10.2 Å². The molecule has 2 rings (SSSR count). The maximum absolute atomic E-state index is 12.4. The first-order valence-corrected chi connectivity index (χ1v) is 8.96. The van der Waals surface area contributed by atoms with Crippen LogP contribution in [0.5, 0.6) is 0 Å². The largest absolute Gasteiger partial charge is 0.469 e. The molecule has 0 amide bonds. The first-order valence-electron chi connectivity index (χ1n) is 7.52. The molecule has 1 aromatic rings. The maximum atomic E-state index is 12.4. The van der Waals surface area contributed by atoms with E-state index in [-0.39, 0.29) is 31.4 Å². The lowest BCUT2D eigenvalue weighted by Gasteiger charge is -2.28. The summed E-state index contributed by atoms with van der Waals surface area (Å²) in [5.41, 5.74) is 8.53. The zero-order valence-corrected chi connectivity index (χ0v) is 15.5. The van der Waals surface area contributed by atoms with Gasteiger partial charge in [-0.05, 0) is 42.5 Å². The predicted octanol–water partition coefficient (Wildman–Crippen LogP) is 1.40. The average molecular weight is 378 g/mol. The normalized spacial score (nSPS) is 17.0. The molecule has 136 valence electrons. The van der Waals surface area contributed by atoms with Gasteiger partial charge in [-0.2, -0.15) is 17.4 Å². The molecule has 0 bridgehead atoms. The van der Waals surface area contributed by atoms with Crippen molar-refractivity contribution in [2.24, 2.45) is 0 Å². The summed E-state index contributed by atoms with van der Waals surface area (Å²) < 4.78 is 33.2. The van der Waals surface area contributed by atoms with Gasteiger partial charge in [0.1, 0.15) is 0 Å². The van der Waals surface area contributed by atoms with Gasteiger partial charge in [-0.1, -0.05) is 6.07 Å². The molecule has 1 aromatic carbocycles. The van der Waals surface area contributed by atoms with Crippen molar-refractivity contribution in [3.8, 4) is 0 Å². The van der Waals surface area contributed by atoms with Crippen molar-refractivity contribution < 1.29 is 17.9 Å². The van der Waals surface area contributed by atoms with E-state index in [1.165, 1.54) is 14.2 Å². The Hall–Kier alpha value is -1.35. The van der Waals surface area contributed by atoms with Crippen LogP contribution >= 0.6 is 12.4 Å². The SMILES string of the molecule is COC(=O)CCN(C)S(=O)(=O)NC1CCCc2cc(N)ccc21.Cl. The Kier molecular flexibility index (Phi) is 7.47. The van der Waals surface area contributed by atoms with Gasteiger partial charge in [0, 0.05) is 25.3 Å². The number of esters is 1. The van der Waals surface area contributed by atoms with Crippen molar-refractivity contribution in [2.45, 2.75) is 31.7 Å². The van der Waals surface area contributed by atoms with E-state index in [0.29, 0.717) is 5.69 Å². The van der Waals surface area contributed by atoms with Crippen molar-refractivity contribution in [3.63, 3.8) is 0 Å². The van der Waals surface area contributed by atoms with Crippen molar-refractivity contribution in [1.82, 2.24) is 9.03 Å². The Morgan fingerprint density at radius 3 is 2.83 bits per heavy atom. The van der Waals surface area contributed by atoms with E-state index in [0.717, 1.165) is 34.7 Å². The summed E-state index contributed by atoms with van der Waals surface area (Å²) in [7, 11) is -0.952. The van der Waals surface area contributed by atoms with Crippen LogP contribution < -0.4 is 10.5 Å². The Morgan fingerprint density at radius 2 is 2.17 bits per heavy atom. The second-order valence-electron chi connectivity index (χ2n) is 5.67. The molecule has 0 spiro atoms. The lowest BCUT2D eigenvalue weighted by atomic mass is 9.88. The number of carbonyl (C=O) groups excluding carboxylic acids is 1. The van der Waals surface area contributed by atoms with E-state index in [2.05, 4.69) is 9.46 Å². The summed E-state index contributed by atoms with van der Waals surface area (Å²) in [6.45, 7) is 0.0727. The number of nitrogens with one attached hydrogen (secondary N) is 1. The van der Waals surface area contributed by atoms with Crippen molar-refractivity contribution in [2.75, 3.05) is 26.4 Å². The molecule has 1 aliphatic carbocycles. The summed E-state index contributed by atoms with van der Waals surface area (Å²) in [5, 5.41) is 0. The summed E-state index contributed by atoms with van der Waals surface area (Å²) in [6.07, 6.45) is 2.55. The molecule has 0 radical (unpaired) electrons. The Morgan fingerprint density at radius 1 is 1.46 bits per heavy atom. The highest BCUT2D eigenvalue weighted by molar-refractivity contribution is 7.87. The third-order valence-corrected chi connectivity index (χ3v) is 5.63. The topological polar surface area (TPSA) is 102 Å². The number of rotatable bonds is 6. The van der Waals surface area contributed by atoms with Crippen LogP contribution in [0.1, 0.15) is 36.4 Å². The van der Waals surface area contributed by atoms with Crippen molar-refractivity contribution in [3.05, 3.63) is 29.3 Å². The van der Waals surface area contributed by atoms with Gasteiger partial charge in [-0.15, -0.1) is 12.4 Å². The second kappa shape index (κ2) is 8.66. The van der Waals surface area contributed by atoms with Crippen LogP contribution in [0.4, 0.5) is 5.69 Å². The standard InChI is InChI=1S/C15H23N3O4S.ClH/c1-18(9-8-15(19)22-2)23(20,21)17-14-5-3-4-11-10-12(16)6-7-13(11)14;/h6-7,10,14,17H,3-5,8-9,16H2,1-2H3;1H. The van der Waals surface area contributed by atoms with Crippen LogP contribution in [-0.2, 0) is 26.2 Å². The number of hydrogen-bond acceptors (Lipinski definition) is 5. The van der Waals surface area contributed by atoms with Crippen LogP contribution in [0, 0.1) is 0 Å². The molecule has 7 nitrogen and oxygen atoms in total. The Balaban J connectivity index is 0.00000288. The highest BCUT2D eigenvalue weighted by Crippen LogP contribution is 2.31. The fraction of sp³-hybridized carbons (Fsp3) is 0.533. The highest BCUT2D eigenvalue weighted by atomic mass is 35.5. The minimum atomic E-state index is -3.67. The maximum Gasteiger partial charge on any atom is 0.306 e. The number of hydrogen-bond donors (Lipinski definition) is 2. The van der Waals surface area contributed by atoms with Gasteiger partial charge in [-0.3, -0.25) is 4.79 Å². The molecule has 1 atom stereocenters. The third-order valence-electron chi connectivity index (χ3n) is 4.04. The number of fused-ring (bicyclic) bond motifs is 1. The first kappa shape index (κ1) is 20.7. The summed E-state index contributed by atoms with van der Waals surface area (Å²) >= 11 is 0. The van der Waals surface area contributed by atoms with Gasteiger partial charge in [-0.25, -0.2) is 0 Å². The van der Waals surface area contributed by atoms with Crippen LogP contribution in [0.3, 0.4) is 0 Å². The van der Waals surface area contributed by atoms with Crippen molar-refractivity contribution >= 4 is 34.3 Å². The number of nitrogens with two attached hydrogens (primary N) is 1. The number of carbonyl (C=O) groups is 1. The van der Waals surface area contributed by atoms with E-state index >= 15 is 0 Å². The third kappa shape index (κ3) is 5.07. The van der Waals surface area contributed by atoms with Crippen LogP contribution in [-0.4, -0.2) is 39.4 Å². The molecule has 0 saturated heterocycles. The lowest BCUT2D eigenvalue weighted by molar-refractivity contribution is -0.140. The Labute approximate surface area is 149 Å². The van der Waals surface area contributed by atoms with Crippen LogP contribution in [0.25, 0.3) is 0 Å². The van der Waals surface area contributed by atoms with Crippen molar-refractivity contribution in [1.29, 1.82) is 0 Å². The molecule has 1 aliphatic rings. The minimum Gasteiger partial charge on any atom is -0.469 e. The monoisotopic (exact) mass is 377 g/mol. The molecule has 0 saturated carbocycles. The molecule has 24 heavy (non-hydrogen) atoms. The fourth-order valence-corrected chi connectivity index (χ4v) is 3.81. The zero-order chi connectivity index (χ0) is 17.0. The zero-order valence-electron chi connectivity index (χ0n) is 13.8. The second-order valence-corrected chi connectivity index (χ2v) is 7.48. The molecule has 0 aromatic heterocycles. The number of benzene rings is 1. The molecule has 0 aliphatic heterocycles. The molecular formula is C15H24ClN3O4S. The van der Waals surface area contributed by atoms with Gasteiger partial charge in [0.15, 0.2) is 0 Å². The van der Waals surface area contributed by atoms with E-state index in [1.807, 2.05) is 12.1 Å². The number of methoxy groups -OCH3 is 1. The first-order chi connectivity index (χ1) is 10.8. The van der Waals surface area contributed by atoms with E-state index in [1.54, 1.807) is 6.07 Å². The molecule has 3 N–H and O–H groups in total. The number of nitrogens with zero attached hydrogens (tertiary/aromatic N) is 1. The molecular weight excluding hydrogens is 354 g/mol. The van der Waals surface area contributed by atoms with Crippen LogP contribution in [0.15, 0.2) is 18.2 Å². The quantitative estimate of drug-likeness (QED) is 0.576. The molecule has 0 heterocycles. The molecule has 1 unspecified atom stereocenters. The lowest BCUT2D eigenvalue weighted by Crippen LogP contribution is -2.41. The van der Waals surface area contributed by atoms with E-state index in [4.69, 9.17) is 5.73 Å². The van der Waals surface area contributed by atoms with E-state index in [9.17, 15) is 13.2 Å². The van der Waals surface area contributed by atoms with E-state index < -0.39 is 16.2 Å². The summed E-state index contributed by atoms with van der Waals surface area (Å²) in [6, 6.07) is 5.29. The summed E-state index contributed by atoms with van der Waals surface area (Å²) in [4.78, 5) is 11.2. The highest BCUT2D eigenvalue weighted by Gasteiger charge is 2.27. The van der Waals surface area contributed by atoms with Gasteiger partial charge >= 0.3 is 5.97 Å². The number of aryl methyl sites for hydroxylation is 1. The predicted molar refractivity (Wildman–Crippen MR) is 95.1 cm³/mol. The fourth-order valence-electron chi connectivity index (χ4n) is 2.70. The van der Waals surface area contributed by atoms with Gasteiger partial charge < -0.3 is 10.5 Å². The van der Waals surface area contributed by atoms with Gasteiger partial charge in [0.2, 0.25) is 0 Å². The summed E-state index contributed by atoms with van der Waals surface area (Å²) in [5.74, 6) is -0.439. The number of anilines is 1. The average Bonchev–Trinajstić information content (AvgIpc) is 2.51.